The van der Waals surface area contributed by atoms with Crippen molar-refractivity contribution in [2.45, 2.75) is 31.5 Å². The molecule has 0 bridgehead atoms. The van der Waals surface area contributed by atoms with Crippen LogP contribution in [0.4, 0.5) is 13.2 Å². The molecule has 2 rings (SSSR count). The fourth-order valence-corrected chi connectivity index (χ4v) is 2.56. The standard InChI is InChI=1S/C16H18F3NO4/c1-10(11-3-2-4-12(8-11)16(17,18)19)7-14(21)20-5-6-24-13(9-20)15(22)23/h2-4,8,10,13H,5-7,9H2,1H3,(H,22,23)/t10-,13+/m1/s1. The molecule has 1 aromatic carbocycles. The number of hydrogen-bond donors (Lipinski definition) is 1. The van der Waals surface area contributed by atoms with Crippen molar-refractivity contribution in [3.63, 3.8) is 0 Å². The Morgan fingerprint density at radius 2 is 2.12 bits per heavy atom. The van der Waals surface area contributed by atoms with Crippen LogP contribution in [0.3, 0.4) is 0 Å². The minimum Gasteiger partial charge on any atom is -0.479 e. The highest BCUT2D eigenvalue weighted by molar-refractivity contribution is 5.79. The molecular formula is C16H18F3NO4. The van der Waals surface area contributed by atoms with Crippen LogP contribution in [-0.2, 0) is 20.5 Å². The largest absolute Gasteiger partial charge is 0.479 e. The quantitative estimate of drug-likeness (QED) is 0.911. The van der Waals surface area contributed by atoms with Crippen molar-refractivity contribution in [2.75, 3.05) is 19.7 Å². The fraction of sp³-hybridized carbons (Fsp3) is 0.500. The van der Waals surface area contributed by atoms with E-state index < -0.39 is 29.7 Å². The topological polar surface area (TPSA) is 66.8 Å². The van der Waals surface area contributed by atoms with Crippen molar-refractivity contribution in [3.05, 3.63) is 35.4 Å². The lowest BCUT2D eigenvalue weighted by Gasteiger charge is -2.31. The van der Waals surface area contributed by atoms with Crippen LogP contribution in [0.5, 0.6) is 0 Å². The van der Waals surface area contributed by atoms with Crippen molar-refractivity contribution in [1.82, 2.24) is 4.90 Å². The number of nitrogens with zero attached hydrogens (tertiary/aromatic N) is 1. The maximum atomic E-state index is 12.8. The van der Waals surface area contributed by atoms with Gasteiger partial charge in [0.15, 0.2) is 6.10 Å². The number of hydrogen-bond acceptors (Lipinski definition) is 3. The molecule has 1 aromatic rings. The molecule has 132 valence electrons. The van der Waals surface area contributed by atoms with Crippen molar-refractivity contribution >= 4 is 11.9 Å². The van der Waals surface area contributed by atoms with E-state index in [0.29, 0.717) is 5.56 Å². The molecule has 24 heavy (non-hydrogen) atoms. The SMILES string of the molecule is C[C@H](CC(=O)N1CCO[C@H](C(=O)O)C1)c1cccc(C(F)(F)F)c1. The van der Waals surface area contributed by atoms with Crippen molar-refractivity contribution in [3.8, 4) is 0 Å². The summed E-state index contributed by atoms with van der Waals surface area (Å²) in [7, 11) is 0. The first kappa shape index (κ1) is 18.3. The van der Waals surface area contributed by atoms with Gasteiger partial charge >= 0.3 is 12.1 Å². The molecule has 1 N–H and O–H groups in total. The Balaban J connectivity index is 2.02. The summed E-state index contributed by atoms with van der Waals surface area (Å²) in [5, 5.41) is 8.93. The Hall–Kier alpha value is -2.09. The second kappa shape index (κ2) is 7.21. The molecule has 8 heteroatoms. The summed E-state index contributed by atoms with van der Waals surface area (Å²) in [4.78, 5) is 24.6. The molecule has 1 aliphatic rings. The van der Waals surface area contributed by atoms with Crippen LogP contribution in [0, 0.1) is 0 Å². The molecule has 0 unspecified atom stereocenters. The first-order valence-corrected chi connectivity index (χ1v) is 7.48. The van der Waals surface area contributed by atoms with Crippen molar-refractivity contribution in [1.29, 1.82) is 0 Å². The second-order valence-corrected chi connectivity index (χ2v) is 5.77. The minimum absolute atomic E-state index is 0.00759. The Morgan fingerprint density at radius 1 is 1.42 bits per heavy atom. The highest BCUT2D eigenvalue weighted by atomic mass is 19.4. The summed E-state index contributed by atoms with van der Waals surface area (Å²) in [5.74, 6) is -1.85. The van der Waals surface area contributed by atoms with E-state index in [4.69, 9.17) is 9.84 Å². The lowest BCUT2D eigenvalue weighted by atomic mass is 9.95. The van der Waals surface area contributed by atoms with Crippen molar-refractivity contribution in [2.24, 2.45) is 0 Å². The smallest absolute Gasteiger partial charge is 0.416 e. The van der Waals surface area contributed by atoms with Gasteiger partial charge in [0.2, 0.25) is 5.91 Å². The summed E-state index contributed by atoms with van der Waals surface area (Å²) in [5.41, 5.74) is -0.335. The number of carbonyl (C=O) groups excluding carboxylic acids is 1. The molecule has 1 heterocycles. The fourth-order valence-electron chi connectivity index (χ4n) is 2.56. The van der Waals surface area contributed by atoms with E-state index in [1.807, 2.05) is 0 Å². The number of amides is 1. The third kappa shape index (κ3) is 4.47. The van der Waals surface area contributed by atoms with Gasteiger partial charge in [-0.05, 0) is 17.5 Å². The summed E-state index contributed by atoms with van der Waals surface area (Å²) in [6.45, 7) is 2.02. The van der Waals surface area contributed by atoms with Gasteiger partial charge in [0.1, 0.15) is 0 Å². The number of carboxylic acids is 1. The maximum absolute atomic E-state index is 12.8. The normalized spacial score (nSPS) is 19.8. The second-order valence-electron chi connectivity index (χ2n) is 5.77. The predicted octanol–water partition coefficient (Wildman–Crippen LogP) is 2.51. The summed E-state index contributed by atoms with van der Waals surface area (Å²) in [6, 6.07) is 4.88. The Labute approximate surface area is 137 Å². The molecule has 0 aromatic heterocycles. The van der Waals surface area contributed by atoms with Crippen LogP contribution in [0.2, 0.25) is 0 Å². The van der Waals surface area contributed by atoms with Gasteiger partial charge in [-0.3, -0.25) is 4.79 Å². The number of carbonyl (C=O) groups is 2. The highest BCUT2D eigenvalue weighted by Crippen LogP contribution is 2.31. The van der Waals surface area contributed by atoms with Crippen LogP contribution < -0.4 is 0 Å². The van der Waals surface area contributed by atoms with Gasteiger partial charge in [0.05, 0.1) is 18.7 Å². The molecule has 1 saturated heterocycles. The molecule has 1 fully saturated rings. The van der Waals surface area contributed by atoms with E-state index in [1.54, 1.807) is 13.0 Å². The Bertz CT molecular complexity index is 618. The van der Waals surface area contributed by atoms with Gasteiger partial charge in [-0.2, -0.15) is 13.2 Å². The summed E-state index contributed by atoms with van der Waals surface area (Å²) < 4.78 is 43.3. The molecule has 0 spiro atoms. The molecule has 1 amide bonds. The number of aliphatic carboxylic acids is 1. The Morgan fingerprint density at radius 3 is 2.75 bits per heavy atom. The molecule has 5 nitrogen and oxygen atoms in total. The zero-order chi connectivity index (χ0) is 17.9. The molecule has 0 aliphatic carbocycles. The summed E-state index contributed by atoms with van der Waals surface area (Å²) in [6.07, 6.45) is -5.49. The predicted molar refractivity (Wildman–Crippen MR) is 78.4 cm³/mol. The lowest BCUT2D eigenvalue weighted by Crippen LogP contribution is -2.48. The average Bonchev–Trinajstić information content (AvgIpc) is 2.54. The third-order valence-corrected chi connectivity index (χ3v) is 3.96. The third-order valence-electron chi connectivity index (χ3n) is 3.96. The van der Waals surface area contributed by atoms with Gasteiger partial charge < -0.3 is 14.7 Å². The van der Waals surface area contributed by atoms with Gasteiger partial charge in [0, 0.05) is 13.0 Å². The lowest BCUT2D eigenvalue weighted by molar-refractivity contribution is -0.159. The van der Waals surface area contributed by atoms with Gasteiger partial charge in [-0.1, -0.05) is 25.1 Å². The van der Waals surface area contributed by atoms with Gasteiger partial charge in [0.25, 0.3) is 0 Å². The number of ether oxygens (including phenoxy) is 1. The van der Waals surface area contributed by atoms with E-state index in [0.717, 1.165) is 12.1 Å². The number of benzene rings is 1. The van der Waals surface area contributed by atoms with Crippen LogP contribution in [0.25, 0.3) is 0 Å². The molecule has 2 atom stereocenters. The van der Waals surface area contributed by atoms with E-state index >= 15 is 0 Å². The first-order valence-electron chi connectivity index (χ1n) is 7.48. The average molecular weight is 345 g/mol. The van der Waals surface area contributed by atoms with E-state index in [9.17, 15) is 22.8 Å². The van der Waals surface area contributed by atoms with Crippen LogP contribution >= 0.6 is 0 Å². The van der Waals surface area contributed by atoms with Crippen molar-refractivity contribution < 1.29 is 32.6 Å². The summed E-state index contributed by atoms with van der Waals surface area (Å²) >= 11 is 0. The van der Waals surface area contributed by atoms with E-state index in [1.165, 1.54) is 11.0 Å². The molecule has 1 aliphatic heterocycles. The zero-order valence-corrected chi connectivity index (χ0v) is 13.0. The van der Waals surface area contributed by atoms with Crippen LogP contribution in [0.15, 0.2) is 24.3 Å². The molecule has 0 radical (unpaired) electrons. The number of rotatable bonds is 4. The molecule has 0 saturated carbocycles. The van der Waals surface area contributed by atoms with Crippen LogP contribution in [0.1, 0.15) is 30.4 Å². The van der Waals surface area contributed by atoms with E-state index in [-0.39, 0.29) is 32.0 Å². The number of alkyl halides is 3. The van der Waals surface area contributed by atoms with Crippen LogP contribution in [-0.4, -0.2) is 47.7 Å². The first-order chi connectivity index (χ1) is 11.2. The highest BCUT2D eigenvalue weighted by Gasteiger charge is 2.32. The number of morpholine rings is 1. The van der Waals surface area contributed by atoms with Gasteiger partial charge in [-0.25, -0.2) is 4.79 Å². The maximum Gasteiger partial charge on any atom is 0.416 e. The Kier molecular flexibility index (Phi) is 5.48. The number of halogens is 3. The zero-order valence-electron chi connectivity index (χ0n) is 13.0. The minimum atomic E-state index is -4.43. The monoisotopic (exact) mass is 345 g/mol. The van der Waals surface area contributed by atoms with E-state index in [2.05, 4.69) is 0 Å². The van der Waals surface area contributed by atoms with Gasteiger partial charge in [-0.15, -0.1) is 0 Å². The number of carboxylic acid groups (broad SMARTS) is 1. The molecular weight excluding hydrogens is 327 g/mol.